The fourth-order valence-electron chi connectivity index (χ4n) is 1.21. The summed E-state index contributed by atoms with van der Waals surface area (Å²) in [7, 11) is 1.60. The number of methoxy groups -OCH3 is 1. The first kappa shape index (κ1) is 9.73. The van der Waals surface area contributed by atoms with Gasteiger partial charge in [0.25, 0.3) is 0 Å². The molecule has 0 N–H and O–H groups in total. The van der Waals surface area contributed by atoms with Gasteiger partial charge in [0.1, 0.15) is 6.61 Å². The summed E-state index contributed by atoms with van der Waals surface area (Å²) in [6.07, 6.45) is 2.57. The molecule has 0 saturated heterocycles. The molecule has 0 unspecified atom stereocenters. The molecule has 0 spiro atoms. The Balaban J connectivity index is 2.33. The fourth-order valence-corrected chi connectivity index (χ4v) is 1.21. The summed E-state index contributed by atoms with van der Waals surface area (Å²) in [6.45, 7) is 0.374. The second kappa shape index (κ2) is 4.61. The fraction of sp³-hybridized carbons (Fsp3) is 0.182. The van der Waals surface area contributed by atoms with Crippen LogP contribution in [0.1, 0.15) is 5.82 Å². The normalized spacial score (nSPS) is 10.2. The van der Waals surface area contributed by atoms with E-state index in [4.69, 9.17) is 4.74 Å². The molecule has 1 aromatic heterocycles. The van der Waals surface area contributed by atoms with E-state index < -0.39 is 0 Å². The number of hydrogen-bond acceptors (Lipinski definition) is 4. The van der Waals surface area contributed by atoms with Gasteiger partial charge in [-0.15, -0.1) is 0 Å². The smallest absolute Gasteiger partial charge is 0.201 e. The minimum absolute atomic E-state index is 0.374. The van der Waals surface area contributed by atoms with Crippen molar-refractivity contribution in [2.45, 2.75) is 6.61 Å². The van der Waals surface area contributed by atoms with Crippen LogP contribution in [0, 0.1) is 6.33 Å². The molecule has 15 heavy (non-hydrogen) atoms. The maximum atomic E-state index is 4.95. The second-order valence-corrected chi connectivity index (χ2v) is 2.97. The maximum Gasteiger partial charge on any atom is 0.201 e. The summed E-state index contributed by atoms with van der Waals surface area (Å²) in [6, 6.07) is 9.72. The lowest BCUT2D eigenvalue weighted by Crippen LogP contribution is -2.00. The summed E-state index contributed by atoms with van der Waals surface area (Å²) in [5.74, 6) is 1.21. The summed E-state index contributed by atoms with van der Waals surface area (Å²) >= 11 is 0. The molecule has 0 fully saturated rings. The third-order valence-corrected chi connectivity index (χ3v) is 1.88. The van der Waals surface area contributed by atoms with Gasteiger partial charge in [0.2, 0.25) is 6.33 Å². The number of benzene rings is 1. The number of hydrogen-bond donors (Lipinski definition) is 0. The van der Waals surface area contributed by atoms with Gasteiger partial charge < -0.3 is 4.74 Å². The number of aromatic nitrogens is 3. The van der Waals surface area contributed by atoms with Gasteiger partial charge >= 0.3 is 0 Å². The van der Waals surface area contributed by atoms with E-state index in [1.807, 2.05) is 30.3 Å². The minimum Gasteiger partial charge on any atom is -0.377 e. The van der Waals surface area contributed by atoms with Gasteiger partial charge in [-0.25, -0.2) is 15.0 Å². The topological polar surface area (TPSA) is 47.9 Å². The Morgan fingerprint density at radius 3 is 2.73 bits per heavy atom. The number of rotatable bonds is 3. The van der Waals surface area contributed by atoms with Crippen LogP contribution in [0.25, 0.3) is 11.4 Å². The molecule has 0 aliphatic carbocycles. The lowest BCUT2D eigenvalue weighted by Gasteiger charge is -2.00. The highest BCUT2D eigenvalue weighted by Gasteiger charge is 2.02. The first-order chi connectivity index (χ1) is 7.40. The predicted octanol–water partition coefficient (Wildman–Crippen LogP) is 1.49. The first-order valence-electron chi connectivity index (χ1n) is 4.55. The van der Waals surface area contributed by atoms with Gasteiger partial charge in [-0.1, -0.05) is 30.3 Å². The van der Waals surface area contributed by atoms with Crippen molar-refractivity contribution in [1.29, 1.82) is 0 Å². The van der Waals surface area contributed by atoms with Crippen LogP contribution in [-0.2, 0) is 11.3 Å². The Morgan fingerprint density at radius 2 is 2.00 bits per heavy atom. The van der Waals surface area contributed by atoms with E-state index in [0.29, 0.717) is 18.3 Å². The van der Waals surface area contributed by atoms with Crippen molar-refractivity contribution >= 4 is 0 Å². The summed E-state index contributed by atoms with van der Waals surface area (Å²) < 4.78 is 4.95. The molecule has 2 rings (SSSR count). The van der Waals surface area contributed by atoms with Gasteiger partial charge in [-0.2, -0.15) is 0 Å². The minimum atomic E-state index is 0.374. The molecule has 0 aliphatic rings. The van der Waals surface area contributed by atoms with Crippen LogP contribution in [0.3, 0.4) is 0 Å². The van der Waals surface area contributed by atoms with Crippen LogP contribution in [0.4, 0.5) is 0 Å². The standard InChI is InChI=1S/C11H10N3O/c1-15-7-10-12-8-13-11(14-10)9-5-3-2-4-6-9/h2-6H,7H2,1H3. The van der Waals surface area contributed by atoms with Crippen LogP contribution in [-0.4, -0.2) is 22.1 Å². The molecule has 0 amide bonds. The zero-order valence-corrected chi connectivity index (χ0v) is 8.34. The first-order valence-corrected chi connectivity index (χ1v) is 4.55. The molecule has 1 aromatic carbocycles. The summed E-state index contributed by atoms with van der Waals surface area (Å²) in [5.41, 5.74) is 0.952. The van der Waals surface area contributed by atoms with Crippen molar-refractivity contribution in [3.8, 4) is 11.4 Å². The molecule has 1 heterocycles. The maximum absolute atomic E-state index is 4.95. The molecule has 0 saturated carbocycles. The van der Waals surface area contributed by atoms with E-state index in [9.17, 15) is 0 Å². The lowest BCUT2D eigenvalue weighted by molar-refractivity contribution is 0.177. The molecule has 0 aliphatic heterocycles. The zero-order valence-electron chi connectivity index (χ0n) is 8.34. The van der Waals surface area contributed by atoms with E-state index in [0.717, 1.165) is 5.56 Å². The van der Waals surface area contributed by atoms with Crippen molar-refractivity contribution < 1.29 is 4.74 Å². The van der Waals surface area contributed by atoms with E-state index in [2.05, 4.69) is 21.3 Å². The molecular weight excluding hydrogens is 190 g/mol. The van der Waals surface area contributed by atoms with Crippen molar-refractivity contribution in [2.75, 3.05) is 7.11 Å². The average molecular weight is 200 g/mol. The highest BCUT2D eigenvalue weighted by molar-refractivity contribution is 5.53. The largest absolute Gasteiger partial charge is 0.377 e. The van der Waals surface area contributed by atoms with E-state index in [1.165, 1.54) is 0 Å². The molecule has 2 aromatic rings. The third kappa shape index (κ3) is 2.35. The van der Waals surface area contributed by atoms with E-state index in [1.54, 1.807) is 7.11 Å². The van der Waals surface area contributed by atoms with Gasteiger partial charge in [-0.3, -0.25) is 0 Å². The molecule has 4 heteroatoms. The highest BCUT2D eigenvalue weighted by Crippen LogP contribution is 2.12. The molecule has 4 nitrogen and oxygen atoms in total. The Hall–Kier alpha value is -1.81. The van der Waals surface area contributed by atoms with Gasteiger partial charge in [0, 0.05) is 12.7 Å². The van der Waals surface area contributed by atoms with Crippen LogP contribution < -0.4 is 0 Å². The lowest BCUT2D eigenvalue weighted by atomic mass is 10.2. The molecular formula is C11H10N3O. The number of nitrogens with zero attached hydrogens (tertiary/aromatic N) is 3. The van der Waals surface area contributed by atoms with Crippen molar-refractivity contribution in [2.24, 2.45) is 0 Å². The average Bonchev–Trinajstić information content (AvgIpc) is 2.31. The summed E-state index contributed by atoms with van der Waals surface area (Å²) in [5, 5.41) is 0. The Kier molecular flexibility index (Phi) is 2.99. The second-order valence-electron chi connectivity index (χ2n) is 2.97. The third-order valence-electron chi connectivity index (χ3n) is 1.88. The monoisotopic (exact) mass is 200 g/mol. The van der Waals surface area contributed by atoms with Crippen LogP contribution in [0.5, 0.6) is 0 Å². The Morgan fingerprint density at radius 1 is 1.20 bits per heavy atom. The Bertz CT molecular complexity index is 431. The van der Waals surface area contributed by atoms with E-state index >= 15 is 0 Å². The van der Waals surface area contributed by atoms with Crippen LogP contribution in [0.2, 0.25) is 0 Å². The van der Waals surface area contributed by atoms with Gasteiger partial charge in [0.15, 0.2) is 11.6 Å². The van der Waals surface area contributed by atoms with Gasteiger partial charge in [0.05, 0.1) is 0 Å². The molecule has 0 atom stereocenters. The van der Waals surface area contributed by atoms with Crippen LogP contribution in [0.15, 0.2) is 30.3 Å². The Labute approximate surface area is 88.0 Å². The summed E-state index contributed by atoms with van der Waals surface area (Å²) in [4.78, 5) is 12.1. The van der Waals surface area contributed by atoms with Crippen molar-refractivity contribution in [3.63, 3.8) is 0 Å². The van der Waals surface area contributed by atoms with Gasteiger partial charge in [-0.05, 0) is 0 Å². The molecule has 0 bridgehead atoms. The predicted molar refractivity (Wildman–Crippen MR) is 54.8 cm³/mol. The number of ether oxygens (including phenoxy) is 1. The zero-order chi connectivity index (χ0) is 10.5. The highest BCUT2D eigenvalue weighted by atomic mass is 16.5. The van der Waals surface area contributed by atoms with E-state index in [-0.39, 0.29) is 0 Å². The van der Waals surface area contributed by atoms with Crippen molar-refractivity contribution in [1.82, 2.24) is 15.0 Å². The van der Waals surface area contributed by atoms with Crippen molar-refractivity contribution in [3.05, 3.63) is 42.5 Å². The quantitative estimate of drug-likeness (QED) is 0.753. The SMILES string of the molecule is COCc1n[c]nc(-c2ccccc2)n1. The van der Waals surface area contributed by atoms with Crippen LogP contribution >= 0.6 is 0 Å². The molecule has 1 radical (unpaired) electrons. The molecule has 75 valence electrons.